The van der Waals surface area contributed by atoms with Crippen molar-refractivity contribution in [3.8, 4) is 23.0 Å². The molecule has 0 radical (unpaired) electrons. The third-order valence-electron chi connectivity index (χ3n) is 7.70. The van der Waals surface area contributed by atoms with Crippen molar-refractivity contribution in [3.05, 3.63) is 111 Å². The van der Waals surface area contributed by atoms with Crippen molar-refractivity contribution in [2.45, 2.75) is 58.8 Å². The first-order chi connectivity index (χ1) is 19.3. The molecular formula is C33H32Br4O4. The van der Waals surface area contributed by atoms with Crippen molar-refractivity contribution in [3.63, 3.8) is 0 Å². The van der Waals surface area contributed by atoms with Crippen LogP contribution in [0.4, 0.5) is 0 Å². The predicted octanol–water partition coefficient (Wildman–Crippen LogP) is 10.9. The van der Waals surface area contributed by atoms with Crippen LogP contribution in [0.1, 0.15) is 75.6 Å². The molecular weight excluding hydrogens is 780 g/mol. The van der Waals surface area contributed by atoms with E-state index in [1.54, 1.807) is 0 Å². The first kappa shape index (κ1) is 31.9. The lowest BCUT2D eigenvalue weighted by Crippen LogP contribution is -2.07. The van der Waals surface area contributed by atoms with Gasteiger partial charge in [-0.25, -0.2) is 0 Å². The van der Waals surface area contributed by atoms with Crippen LogP contribution in [0.5, 0.6) is 23.0 Å². The van der Waals surface area contributed by atoms with E-state index < -0.39 is 0 Å². The topological polar surface area (TPSA) is 80.9 Å². The molecule has 4 rings (SSSR count). The summed E-state index contributed by atoms with van der Waals surface area (Å²) in [5, 5.41) is 41.6. The van der Waals surface area contributed by atoms with Gasteiger partial charge in [0.25, 0.3) is 0 Å². The third-order valence-corrected chi connectivity index (χ3v) is 10.1. The average molecular weight is 812 g/mol. The van der Waals surface area contributed by atoms with Gasteiger partial charge >= 0.3 is 0 Å². The minimum Gasteiger partial charge on any atom is -0.506 e. The first-order valence-corrected chi connectivity index (χ1v) is 16.4. The Morgan fingerprint density at radius 3 is 0.854 bits per heavy atom. The molecule has 216 valence electrons. The van der Waals surface area contributed by atoms with Gasteiger partial charge in [-0.1, -0.05) is 30.7 Å². The molecule has 4 aromatic carbocycles. The number of rotatable bonds is 8. The number of aromatic hydroxyl groups is 4. The highest BCUT2D eigenvalue weighted by atomic mass is 79.9. The van der Waals surface area contributed by atoms with E-state index in [1.165, 1.54) is 0 Å². The fraction of sp³-hybridized carbons (Fsp3) is 0.273. The molecule has 0 amide bonds. The Hall–Kier alpha value is -2.00. The standard InChI is InChI=1S/C33H32Br4O4/c1-16-8-20(12-26(34)30(16)38)24(21-9-17(2)31(39)27(35)13-21)6-5-7-25(22-10-18(3)32(40)28(36)14-22)23-11-19(4)33(41)29(37)15-23/h8-15,24-25,38-41H,5-7H2,1-4H3. The summed E-state index contributed by atoms with van der Waals surface area (Å²) in [7, 11) is 0. The number of phenols is 4. The molecule has 0 aromatic heterocycles. The molecule has 0 unspecified atom stereocenters. The van der Waals surface area contributed by atoms with Crippen LogP contribution in [0.15, 0.2) is 66.4 Å². The molecule has 4 nitrogen and oxygen atoms in total. The van der Waals surface area contributed by atoms with Crippen LogP contribution in [0.25, 0.3) is 0 Å². The molecule has 0 atom stereocenters. The summed E-state index contributed by atoms with van der Waals surface area (Å²) in [4.78, 5) is 0. The zero-order valence-electron chi connectivity index (χ0n) is 23.2. The van der Waals surface area contributed by atoms with Crippen molar-refractivity contribution in [1.82, 2.24) is 0 Å². The van der Waals surface area contributed by atoms with Crippen LogP contribution in [0.3, 0.4) is 0 Å². The van der Waals surface area contributed by atoms with Crippen molar-refractivity contribution < 1.29 is 20.4 Å². The number of phenolic OH excluding ortho intramolecular Hbond substituents is 4. The molecule has 4 N–H and O–H groups in total. The fourth-order valence-electron chi connectivity index (χ4n) is 5.43. The van der Waals surface area contributed by atoms with E-state index in [1.807, 2.05) is 76.2 Å². The summed E-state index contributed by atoms with van der Waals surface area (Å²) in [5.74, 6) is 0.968. The van der Waals surface area contributed by atoms with Gasteiger partial charge in [0.1, 0.15) is 23.0 Å². The van der Waals surface area contributed by atoms with Gasteiger partial charge in [-0.15, -0.1) is 0 Å². The van der Waals surface area contributed by atoms with Crippen molar-refractivity contribution in [2.75, 3.05) is 0 Å². The molecule has 0 spiro atoms. The van der Waals surface area contributed by atoms with Crippen LogP contribution in [-0.4, -0.2) is 20.4 Å². The maximum Gasteiger partial charge on any atom is 0.132 e. The second-order valence-corrected chi connectivity index (χ2v) is 14.1. The first-order valence-electron chi connectivity index (χ1n) is 13.2. The van der Waals surface area contributed by atoms with Crippen LogP contribution in [0, 0.1) is 27.7 Å². The van der Waals surface area contributed by atoms with Crippen LogP contribution >= 0.6 is 63.7 Å². The van der Waals surface area contributed by atoms with E-state index in [4.69, 9.17) is 0 Å². The summed E-state index contributed by atoms with van der Waals surface area (Å²) < 4.78 is 2.61. The SMILES string of the molecule is Cc1cc(C(CCCC(c2cc(C)c(O)c(Br)c2)c2cc(C)c(O)c(Br)c2)c2cc(C)c(O)c(Br)c2)cc(Br)c1O. The maximum absolute atomic E-state index is 10.4. The van der Waals surface area contributed by atoms with E-state index in [0.717, 1.165) is 63.8 Å². The highest BCUT2D eigenvalue weighted by Crippen LogP contribution is 2.43. The van der Waals surface area contributed by atoms with Crippen molar-refractivity contribution in [1.29, 1.82) is 0 Å². The number of hydrogen-bond acceptors (Lipinski definition) is 4. The highest BCUT2D eigenvalue weighted by molar-refractivity contribution is 9.11. The molecule has 0 aliphatic heterocycles. The van der Waals surface area contributed by atoms with Gasteiger partial charge in [0.15, 0.2) is 0 Å². The average Bonchev–Trinajstić information content (AvgIpc) is 2.91. The monoisotopic (exact) mass is 808 g/mol. The number of hydrogen-bond donors (Lipinski definition) is 4. The lowest BCUT2D eigenvalue weighted by atomic mass is 9.81. The summed E-state index contributed by atoms with van der Waals surface area (Å²) in [6.07, 6.45) is 2.50. The zero-order valence-corrected chi connectivity index (χ0v) is 29.5. The number of halogens is 4. The molecule has 41 heavy (non-hydrogen) atoms. The minimum absolute atomic E-state index is 0.0171. The third kappa shape index (κ3) is 6.98. The number of benzene rings is 4. The van der Waals surface area contributed by atoms with Crippen LogP contribution in [0.2, 0.25) is 0 Å². The van der Waals surface area contributed by atoms with Crippen molar-refractivity contribution >= 4 is 63.7 Å². The molecule has 8 heteroatoms. The van der Waals surface area contributed by atoms with Crippen molar-refractivity contribution in [2.24, 2.45) is 0 Å². The molecule has 0 saturated carbocycles. The van der Waals surface area contributed by atoms with Crippen LogP contribution < -0.4 is 0 Å². The smallest absolute Gasteiger partial charge is 0.132 e. The molecule has 0 fully saturated rings. The Labute approximate surface area is 275 Å². The lowest BCUT2D eigenvalue weighted by Gasteiger charge is -2.24. The van der Waals surface area contributed by atoms with Gasteiger partial charge in [-0.05, 0) is 173 Å². The van der Waals surface area contributed by atoms with Gasteiger partial charge in [-0.2, -0.15) is 0 Å². The Balaban J connectivity index is 1.74. The Morgan fingerprint density at radius 1 is 0.439 bits per heavy atom. The molecule has 0 aliphatic rings. The maximum atomic E-state index is 10.4. The van der Waals surface area contributed by atoms with Gasteiger partial charge in [0.2, 0.25) is 0 Å². The molecule has 0 aliphatic carbocycles. The Morgan fingerprint density at radius 2 is 0.659 bits per heavy atom. The Kier molecular flexibility index (Phi) is 10.2. The second-order valence-electron chi connectivity index (χ2n) is 10.7. The van der Waals surface area contributed by atoms with Gasteiger partial charge in [0.05, 0.1) is 17.9 Å². The van der Waals surface area contributed by atoms with Gasteiger partial charge < -0.3 is 20.4 Å². The van der Waals surface area contributed by atoms with Crippen LogP contribution in [-0.2, 0) is 0 Å². The van der Waals surface area contributed by atoms with E-state index in [9.17, 15) is 20.4 Å². The summed E-state index contributed by atoms with van der Waals surface area (Å²) in [5.41, 5.74) is 7.47. The minimum atomic E-state index is 0.0171. The number of aryl methyl sites for hydroxylation is 4. The fourth-order valence-corrected chi connectivity index (χ4v) is 7.74. The quantitative estimate of drug-likeness (QED) is 0.143. The van der Waals surface area contributed by atoms with E-state index in [0.29, 0.717) is 17.9 Å². The van der Waals surface area contributed by atoms with E-state index in [2.05, 4.69) is 63.7 Å². The second kappa shape index (κ2) is 13.1. The predicted molar refractivity (Wildman–Crippen MR) is 180 cm³/mol. The summed E-state index contributed by atoms with van der Waals surface area (Å²) >= 11 is 14.1. The van der Waals surface area contributed by atoms with Gasteiger partial charge in [0, 0.05) is 11.8 Å². The summed E-state index contributed by atoms with van der Waals surface area (Å²) in [6.45, 7) is 7.57. The molecule has 0 bridgehead atoms. The van der Waals surface area contributed by atoms with E-state index in [-0.39, 0.29) is 34.8 Å². The molecule has 4 aromatic rings. The van der Waals surface area contributed by atoms with Gasteiger partial charge in [-0.3, -0.25) is 0 Å². The normalized spacial score (nSPS) is 11.6. The highest BCUT2D eigenvalue weighted by Gasteiger charge is 2.23. The molecule has 0 heterocycles. The van der Waals surface area contributed by atoms with E-state index >= 15 is 0 Å². The zero-order chi connectivity index (χ0) is 30.2. The summed E-state index contributed by atoms with van der Waals surface area (Å²) in [6, 6.07) is 16.0. The Bertz CT molecular complexity index is 1290. The largest absolute Gasteiger partial charge is 0.506 e. The lowest BCUT2D eigenvalue weighted by molar-refractivity contribution is 0.466. The molecule has 0 saturated heterocycles.